The number of nitrogens with zero attached hydrogens (tertiary/aromatic N) is 1. The number of primary amides is 1. The average molecular weight is 475 g/mol. The van der Waals surface area contributed by atoms with E-state index in [0.717, 1.165) is 11.1 Å². The molecule has 2 amide bonds. The summed E-state index contributed by atoms with van der Waals surface area (Å²) in [5.41, 5.74) is 13.9. The number of rotatable bonds is 5. The van der Waals surface area contributed by atoms with Crippen LogP contribution >= 0.6 is 23.2 Å². The molecule has 32 heavy (non-hydrogen) atoms. The van der Waals surface area contributed by atoms with Crippen molar-refractivity contribution >= 4 is 51.7 Å². The Morgan fingerprint density at radius 1 is 1.22 bits per heavy atom. The third kappa shape index (κ3) is 4.02. The Kier molecular flexibility index (Phi) is 5.82. The van der Waals surface area contributed by atoms with E-state index in [9.17, 15) is 9.18 Å². The zero-order valence-corrected chi connectivity index (χ0v) is 18.2. The van der Waals surface area contributed by atoms with E-state index in [1.807, 2.05) is 0 Å². The highest BCUT2D eigenvalue weighted by atomic mass is 35.5. The molecule has 0 fully saturated rings. The number of hydrogen-bond acceptors (Lipinski definition) is 5. The number of urea groups is 1. The molecule has 10 heteroatoms. The van der Waals surface area contributed by atoms with Gasteiger partial charge in [0.15, 0.2) is 11.4 Å². The highest BCUT2D eigenvalue weighted by molar-refractivity contribution is 6.36. The van der Waals surface area contributed by atoms with Gasteiger partial charge < -0.3 is 25.9 Å². The smallest absolute Gasteiger partial charge is 0.316 e. The summed E-state index contributed by atoms with van der Waals surface area (Å²) in [6.45, 7) is 1.67. The number of fused-ring (bicyclic) bond motifs is 1. The molecule has 5 N–H and O–H groups in total. The van der Waals surface area contributed by atoms with E-state index >= 15 is 0 Å². The molecule has 164 valence electrons. The molecule has 2 aromatic heterocycles. The van der Waals surface area contributed by atoms with Gasteiger partial charge >= 0.3 is 6.03 Å². The van der Waals surface area contributed by atoms with Gasteiger partial charge in [0.1, 0.15) is 11.9 Å². The van der Waals surface area contributed by atoms with Crippen LogP contribution in [0.2, 0.25) is 10.0 Å². The van der Waals surface area contributed by atoms with Gasteiger partial charge in [-0.2, -0.15) is 0 Å². The van der Waals surface area contributed by atoms with E-state index in [-0.39, 0.29) is 27.2 Å². The molecule has 0 radical (unpaired) electrons. The Balaban J connectivity index is 1.72. The van der Waals surface area contributed by atoms with Gasteiger partial charge in [0, 0.05) is 28.0 Å². The van der Waals surface area contributed by atoms with Crippen LogP contribution in [0.15, 0.2) is 53.3 Å². The number of amides is 2. The number of halogens is 3. The van der Waals surface area contributed by atoms with Crippen molar-refractivity contribution < 1.29 is 18.3 Å². The van der Waals surface area contributed by atoms with E-state index in [1.54, 1.807) is 43.6 Å². The molecule has 7 nitrogen and oxygen atoms in total. The first kappa shape index (κ1) is 21.7. The van der Waals surface area contributed by atoms with Crippen molar-refractivity contribution in [3.63, 3.8) is 0 Å². The number of carbonyl (C=O) groups is 1. The largest absolute Gasteiger partial charge is 0.478 e. The molecule has 0 bridgehead atoms. The van der Waals surface area contributed by atoms with E-state index < -0.39 is 18.0 Å². The molecular weight excluding hydrogens is 458 g/mol. The van der Waals surface area contributed by atoms with Crippen LogP contribution < -0.4 is 21.5 Å². The number of pyridine rings is 1. The quantitative estimate of drug-likeness (QED) is 0.299. The Morgan fingerprint density at radius 3 is 2.62 bits per heavy atom. The Hall–Kier alpha value is -3.49. The van der Waals surface area contributed by atoms with E-state index in [4.69, 9.17) is 43.8 Å². The molecule has 0 aliphatic carbocycles. The summed E-state index contributed by atoms with van der Waals surface area (Å²) in [5.74, 6) is -0.333. The zero-order chi connectivity index (χ0) is 23.0. The number of anilines is 2. The van der Waals surface area contributed by atoms with Crippen molar-refractivity contribution in [1.82, 2.24) is 4.98 Å². The summed E-state index contributed by atoms with van der Waals surface area (Å²) in [6.07, 6.45) is 2.37. The molecule has 2 aromatic carbocycles. The molecule has 2 heterocycles. The van der Waals surface area contributed by atoms with Gasteiger partial charge in [-0.3, -0.25) is 0 Å². The Bertz CT molecular complexity index is 1330. The molecule has 1 atom stereocenters. The fraction of sp³-hybridized carbons (Fsp3) is 0.0909. The number of hydrogen-bond donors (Lipinski definition) is 3. The number of nitrogens with two attached hydrogens (primary N) is 2. The number of ether oxygens (including phenoxy) is 1. The van der Waals surface area contributed by atoms with E-state index in [2.05, 4.69) is 10.3 Å². The van der Waals surface area contributed by atoms with E-state index in [0.29, 0.717) is 16.7 Å². The van der Waals surface area contributed by atoms with Crippen LogP contribution in [0.5, 0.6) is 5.75 Å². The highest BCUT2D eigenvalue weighted by Gasteiger charge is 2.23. The minimum absolute atomic E-state index is 0.0925. The monoisotopic (exact) mass is 474 g/mol. The van der Waals surface area contributed by atoms with Crippen LogP contribution in [0.3, 0.4) is 0 Å². The molecule has 0 saturated heterocycles. The second-order valence-corrected chi connectivity index (χ2v) is 7.73. The van der Waals surface area contributed by atoms with Gasteiger partial charge in [-0.05, 0) is 36.8 Å². The molecule has 0 spiro atoms. The zero-order valence-electron chi connectivity index (χ0n) is 16.7. The average Bonchev–Trinajstić information content (AvgIpc) is 3.17. The lowest BCUT2D eigenvalue weighted by Crippen LogP contribution is -2.19. The summed E-state index contributed by atoms with van der Waals surface area (Å²) >= 11 is 12.3. The van der Waals surface area contributed by atoms with Crippen molar-refractivity contribution in [3.05, 3.63) is 70.3 Å². The Labute approximate surface area is 192 Å². The molecule has 0 saturated carbocycles. The van der Waals surface area contributed by atoms with Crippen LogP contribution in [0, 0.1) is 5.82 Å². The summed E-state index contributed by atoms with van der Waals surface area (Å²) in [6, 6.07) is 8.93. The van der Waals surface area contributed by atoms with Gasteiger partial charge in [0.05, 0.1) is 16.7 Å². The summed E-state index contributed by atoms with van der Waals surface area (Å²) in [5, 5.41) is 3.27. The van der Waals surface area contributed by atoms with Crippen LogP contribution in [0.1, 0.15) is 18.6 Å². The van der Waals surface area contributed by atoms with Crippen LogP contribution in [0.25, 0.3) is 22.1 Å². The van der Waals surface area contributed by atoms with Gasteiger partial charge in [-0.15, -0.1) is 0 Å². The lowest BCUT2D eigenvalue weighted by atomic mass is 10.1. The maximum Gasteiger partial charge on any atom is 0.316 e. The maximum atomic E-state index is 13.9. The maximum absolute atomic E-state index is 13.9. The predicted octanol–water partition coefficient (Wildman–Crippen LogP) is 6.15. The number of aromatic nitrogens is 1. The molecule has 0 aliphatic rings. The second-order valence-electron chi connectivity index (χ2n) is 6.95. The number of nitrogen functional groups attached to an aromatic ring is 1. The normalized spacial score (nSPS) is 12.0. The third-order valence-corrected chi connectivity index (χ3v) is 5.56. The first-order valence-electron chi connectivity index (χ1n) is 9.39. The minimum atomic E-state index is -0.742. The number of nitrogens with one attached hydrogen (secondary N) is 1. The molecule has 4 aromatic rings. The summed E-state index contributed by atoms with van der Waals surface area (Å²) in [4.78, 5) is 15.2. The second kappa shape index (κ2) is 8.57. The summed E-state index contributed by atoms with van der Waals surface area (Å²) in [7, 11) is 0. The first-order valence-corrected chi connectivity index (χ1v) is 10.1. The van der Waals surface area contributed by atoms with Crippen LogP contribution in [0.4, 0.5) is 20.7 Å². The first-order chi connectivity index (χ1) is 15.3. The van der Waals surface area contributed by atoms with Crippen molar-refractivity contribution in [2.24, 2.45) is 5.73 Å². The summed E-state index contributed by atoms with van der Waals surface area (Å²) < 4.78 is 25.7. The standard InChI is InChI=1S/C22H17Cl2FN4O3/c1-10(17-15(23)6-7-16(25)18(17)24)32-20-19-13(8-28-21(20)26)14(9-31-19)11-2-4-12(5-3-11)29-22(27)30/h2-10H,1H3,(H2,26,28)(H3,27,29,30)/t10-/m1/s1. The van der Waals surface area contributed by atoms with Crippen LogP contribution in [-0.4, -0.2) is 11.0 Å². The SMILES string of the molecule is C[C@@H](Oc1c(N)ncc2c(-c3ccc(NC(N)=O)cc3)coc12)c1c(Cl)ccc(F)c1Cl. The lowest BCUT2D eigenvalue weighted by Gasteiger charge is -2.18. The Morgan fingerprint density at radius 2 is 1.94 bits per heavy atom. The lowest BCUT2D eigenvalue weighted by molar-refractivity contribution is 0.227. The third-order valence-electron chi connectivity index (χ3n) is 4.85. The minimum Gasteiger partial charge on any atom is -0.478 e. The number of carbonyl (C=O) groups excluding carboxylic acids is 1. The number of furan rings is 1. The van der Waals surface area contributed by atoms with Crippen LogP contribution in [-0.2, 0) is 0 Å². The van der Waals surface area contributed by atoms with E-state index in [1.165, 1.54) is 12.1 Å². The highest BCUT2D eigenvalue weighted by Crippen LogP contribution is 2.41. The van der Waals surface area contributed by atoms with Crippen molar-refractivity contribution in [2.75, 3.05) is 11.1 Å². The molecular formula is C22H17Cl2FN4O3. The van der Waals surface area contributed by atoms with Gasteiger partial charge in [0.25, 0.3) is 0 Å². The van der Waals surface area contributed by atoms with Crippen molar-refractivity contribution in [2.45, 2.75) is 13.0 Å². The fourth-order valence-electron chi connectivity index (χ4n) is 3.34. The molecule has 0 unspecified atom stereocenters. The van der Waals surface area contributed by atoms with Gasteiger partial charge in [-0.1, -0.05) is 35.3 Å². The number of benzene rings is 2. The predicted molar refractivity (Wildman–Crippen MR) is 123 cm³/mol. The van der Waals surface area contributed by atoms with Crippen molar-refractivity contribution in [3.8, 4) is 16.9 Å². The van der Waals surface area contributed by atoms with Gasteiger partial charge in [0.2, 0.25) is 5.75 Å². The topological polar surface area (TPSA) is 116 Å². The molecule has 0 aliphatic heterocycles. The van der Waals surface area contributed by atoms with Crippen molar-refractivity contribution in [1.29, 1.82) is 0 Å². The van der Waals surface area contributed by atoms with Gasteiger partial charge in [-0.25, -0.2) is 14.2 Å². The molecule has 4 rings (SSSR count). The fourth-order valence-corrected chi connectivity index (χ4v) is 4.02.